The van der Waals surface area contributed by atoms with Gasteiger partial charge in [0.15, 0.2) is 0 Å². The van der Waals surface area contributed by atoms with Gasteiger partial charge in [-0.25, -0.2) is 4.79 Å². The van der Waals surface area contributed by atoms with Gasteiger partial charge in [0.2, 0.25) is 11.7 Å². The summed E-state index contributed by atoms with van der Waals surface area (Å²) in [5.41, 5.74) is 3.66. The van der Waals surface area contributed by atoms with E-state index in [1.165, 1.54) is 4.90 Å². The summed E-state index contributed by atoms with van der Waals surface area (Å²) in [5, 5.41) is 23.7. The number of rotatable bonds is 10. The van der Waals surface area contributed by atoms with E-state index in [4.69, 9.17) is 0 Å². The number of carbonyl (C=O) groups is 2. The SMILES string of the molecule is CCCCCC(=O)N(Cc1ccc(-c2ccccc2-c2nn[nH]n2)cc1)[C@@H](C)C(=O)O. The largest absolute Gasteiger partial charge is 0.480 e. The van der Waals surface area contributed by atoms with E-state index in [-0.39, 0.29) is 12.5 Å². The molecule has 31 heavy (non-hydrogen) atoms. The summed E-state index contributed by atoms with van der Waals surface area (Å²) in [6, 6.07) is 14.6. The number of aromatic amines is 1. The monoisotopic (exact) mass is 421 g/mol. The molecule has 1 amide bonds. The zero-order valence-electron chi connectivity index (χ0n) is 17.8. The lowest BCUT2D eigenvalue weighted by Gasteiger charge is -2.27. The van der Waals surface area contributed by atoms with E-state index < -0.39 is 12.0 Å². The van der Waals surface area contributed by atoms with Crippen LogP contribution in [0.4, 0.5) is 0 Å². The van der Waals surface area contributed by atoms with Gasteiger partial charge in [0, 0.05) is 18.5 Å². The number of amides is 1. The summed E-state index contributed by atoms with van der Waals surface area (Å²) in [4.78, 5) is 25.7. The van der Waals surface area contributed by atoms with Crippen LogP contribution in [0.25, 0.3) is 22.5 Å². The average Bonchev–Trinajstić information content (AvgIpc) is 3.32. The van der Waals surface area contributed by atoms with Crippen LogP contribution >= 0.6 is 0 Å². The fourth-order valence-electron chi connectivity index (χ4n) is 3.44. The Balaban J connectivity index is 1.80. The van der Waals surface area contributed by atoms with Crippen molar-refractivity contribution in [1.82, 2.24) is 25.5 Å². The number of H-pyrrole nitrogens is 1. The Bertz CT molecular complexity index is 1000. The molecule has 2 N–H and O–H groups in total. The van der Waals surface area contributed by atoms with Crippen LogP contribution in [0.5, 0.6) is 0 Å². The van der Waals surface area contributed by atoms with Crippen molar-refractivity contribution < 1.29 is 14.7 Å². The molecule has 0 aliphatic carbocycles. The molecule has 3 rings (SSSR count). The van der Waals surface area contributed by atoms with Gasteiger partial charge in [-0.15, -0.1) is 10.2 Å². The van der Waals surface area contributed by atoms with Crippen molar-refractivity contribution in [3.05, 3.63) is 54.1 Å². The number of benzene rings is 2. The fourth-order valence-corrected chi connectivity index (χ4v) is 3.44. The highest BCUT2D eigenvalue weighted by atomic mass is 16.4. The lowest BCUT2D eigenvalue weighted by atomic mass is 9.98. The number of hydrogen-bond acceptors (Lipinski definition) is 5. The van der Waals surface area contributed by atoms with Crippen molar-refractivity contribution in [1.29, 1.82) is 0 Å². The highest BCUT2D eigenvalue weighted by molar-refractivity contribution is 5.83. The van der Waals surface area contributed by atoms with Crippen LogP contribution in [-0.4, -0.2) is 48.5 Å². The molecular formula is C23H27N5O3. The lowest BCUT2D eigenvalue weighted by Crippen LogP contribution is -2.42. The number of nitrogens with zero attached hydrogens (tertiary/aromatic N) is 4. The van der Waals surface area contributed by atoms with Crippen LogP contribution < -0.4 is 0 Å². The highest BCUT2D eigenvalue weighted by Crippen LogP contribution is 2.30. The Morgan fingerprint density at radius 1 is 1.06 bits per heavy atom. The van der Waals surface area contributed by atoms with E-state index in [0.29, 0.717) is 12.2 Å². The van der Waals surface area contributed by atoms with Crippen LogP contribution in [0.1, 0.15) is 45.1 Å². The predicted molar refractivity (Wildman–Crippen MR) is 117 cm³/mol. The molecule has 0 aliphatic heterocycles. The number of aromatic nitrogens is 4. The summed E-state index contributed by atoms with van der Waals surface area (Å²) in [6.45, 7) is 3.88. The maximum atomic E-state index is 12.7. The standard InChI is InChI=1S/C23H27N5O3/c1-3-4-5-10-21(29)28(16(2)23(30)31)15-17-11-13-18(14-12-17)19-8-6-7-9-20(19)22-24-26-27-25-22/h6-9,11-14,16H,3-5,10,15H2,1-2H3,(H,30,31)(H,24,25,26,27)/t16-/m0/s1. The second-order valence-corrected chi connectivity index (χ2v) is 7.47. The summed E-state index contributed by atoms with van der Waals surface area (Å²) in [7, 11) is 0. The zero-order chi connectivity index (χ0) is 22.2. The van der Waals surface area contributed by atoms with E-state index in [9.17, 15) is 14.7 Å². The summed E-state index contributed by atoms with van der Waals surface area (Å²) >= 11 is 0. The molecule has 1 aromatic heterocycles. The third kappa shape index (κ3) is 5.53. The van der Waals surface area contributed by atoms with Gasteiger partial charge in [0.25, 0.3) is 0 Å². The maximum absolute atomic E-state index is 12.7. The van der Waals surface area contributed by atoms with Crippen molar-refractivity contribution >= 4 is 11.9 Å². The number of carboxylic acid groups (broad SMARTS) is 1. The van der Waals surface area contributed by atoms with E-state index in [1.54, 1.807) is 6.92 Å². The van der Waals surface area contributed by atoms with Crippen molar-refractivity contribution in [2.24, 2.45) is 0 Å². The quantitative estimate of drug-likeness (QED) is 0.480. The molecule has 1 atom stereocenters. The van der Waals surface area contributed by atoms with Crippen LogP contribution in [0.2, 0.25) is 0 Å². The van der Waals surface area contributed by atoms with E-state index in [0.717, 1.165) is 41.5 Å². The molecule has 0 aliphatic rings. The summed E-state index contributed by atoms with van der Waals surface area (Å²) in [5.74, 6) is -0.622. The maximum Gasteiger partial charge on any atom is 0.326 e. The molecule has 0 unspecified atom stereocenters. The van der Waals surface area contributed by atoms with Gasteiger partial charge >= 0.3 is 5.97 Å². The minimum atomic E-state index is -1.01. The van der Waals surface area contributed by atoms with Crippen molar-refractivity contribution in [3.8, 4) is 22.5 Å². The van der Waals surface area contributed by atoms with Gasteiger partial charge in [0.1, 0.15) is 6.04 Å². The first kappa shape index (κ1) is 22.1. The molecule has 0 spiro atoms. The van der Waals surface area contributed by atoms with Gasteiger partial charge in [-0.1, -0.05) is 68.3 Å². The van der Waals surface area contributed by atoms with E-state index in [2.05, 4.69) is 27.5 Å². The Hall–Kier alpha value is -3.55. The molecule has 8 nitrogen and oxygen atoms in total. The number of tetrazole rings is 1. The zero-order valence-corrected chi connectivity index (χ0v) is 17.8. The minimum absolute atomic E-state index is 0.130. The minimum Gasteiger partial charge on any atom is -0.480 e. The van der Waals surface area contributed by atoms with Crippen LogP contribution in [0.3, 0.4) is 0 Å². The third-order valence-electron chi connectivity index (χ3n) is 5.27. The fraction of sp³-hybridized carbons (Fsp3) is 0.348. The molecule has 0 bridgehead atoms. The van der Waals surface area contributed by atoms with Gasteiger partial charge in [-0.2, -0.15) is 5.21 Å². The smallest absolute Gasteiger partial charge is 0.326 e. The molecule has 1 heterocycles. The molecule has 3 aromatic rings. The normalized spacial score (nSPS) is 11.8. The van der Waals surface area contributed by atoms with Crippen molar-refractivity contribution in [3.63, 3.8) is 0 Å². The lowest BCUT2D eigenvalue weighted by molar-refractivity contribution is -0.150. The number of carbonyl (C=O) groups excluding carboxylic acids is 1. The number of hydrogen-bond donors (Lipinski definition) is 2. The first-order valence-corrected chi connectivity index (χ1v) is 10.5. The summed E-state index contributed by atoms with van der Waals surface area (Å²) in [6.07, 6.45) is 3.09. The highest BCUT2D eigenvalue weighted by Gasteiger charge is 2.25. The molecule has 2 aromatic carbocycles. The first-order valence-electron chi connectivity index (χ1n) is 10.5. The Morgan fingerprint density at radius 2 is 1.77 bits per heavy atom. The van der Waals surface area contributed by atoms with Crippen molar-refractivity contribution in [2.75, 3.05) is 0 Å². The van der Waals surface area contributed by atoms with Gasteiger partial charge < -0.3 is 10.0 Å². The topological polar surface area (TPSA) is 112 Å². The van der Waals surface area contributed by atoms with E-state index in [1.807, 2.05) is 48.5 Å². The number of nitrogens with one attached hydrogen (secondary N) is 1. The molecule has 0 saturated heterocycles. The Kier molecular flexibility index (Phi) is 7.48. The van der Waals surface area contributed by atoms with Crippen LogP contribution in [0.15, 0.2) is 48.5 Å². The number of carboxylic acids is 1. The molecule has 0 fully saturated rings. The average molecular weight is 422 g/mol. The molecule has 0 radical (unpaired) electrons. The molecule has 8 heteroatoms. The van der Waals surface area contributed by atoms with Gasteiger partial charge in [0.05, 0.1) is 0 Å². The Labute approximate surface area is 181 Å². The van der Waals surface area contributed by atoms with Crippen LogP contribution in [0, 0.1) is 0 Å². The van der Waals surface area contributed by atoms with E-state index >= 15 is 0 Å². The second kappa shape index (κ2) is 10.5. The molecule has 0 saturated carbocycles. The Morgan fingerprint density at radius 3 is 2.39 bits per heavy atom. The number of unbranched alkanes of at least 4 members (excludes halogenated alkanes) is 2. The third-order valence-corrected chi connectivity index (χ3v) is 5.27. The second-order valence-electron chi connectivity index (χ2n) is 7.47. The first-order chi connectivity index (χ1) is 15.0. The summed E-state index contributed by atoms with van der Waals surface area (Å²) < 4.78 is 0. The molecular weight excluding hydrogens is 394 g/mol. The van der Waals surface area contributed by atoms with Crippen LogP contribution in [-0.2, 0) is 16.1 Å². The number of aliphatic carboxylic acids is 1. The predicted octanol–water partition coefficient (Wildman–Crippen LogP) is 3.92. The van der Waals surface area contributed by atoms with Gasteiger partial charge in [-0.05, 0) is 35.2 Å². The van der Waals surface area contributed by atoms with Gasteiger partial charge in [-0.3, -0.25) is 4.79 Å². The molecule has 162 valence electrons. The van der Waals surface area contributed by atoms with Crippen molar-refractivity contribution in [2.45, 2.75) is 52.1 Å².